The third-order valence-electron chi connectivity index (χ3n) is 3.64. The van der Waals surface area contributed by atoms with Gasteiger partial charge in [-0.3, -0.25) is 4.79 Å². The van der Waals surface area contributed by atoms with Crippen LogP contribution in [0.1, 0.15) is 37.9 Å². The highest BCUT2D eigenvalue weighted by molar-refractivity contribution is 5.97. The van der Waals surface area contributed by atoms with Crippen molar-refractivity contribution in [2.24, 2.45) is 0 Å². The molecule has 3 rings (SSSR count). The summed E-state index contributed by atoms with van der Waals surface area (Å²) in [6, 6.07) is 14.7. The number of hydrogen-bond acceptors (Lipinski definition) is 3. The lowest BCUT2D eigenvalue weighted by Crippen LogP contribution is -2.23. The molecule has 1 aliphatic heterocycles. The summed E-state index contributed by atoms with van der Waals surface area (Å²) in [7, 11) is 1.59. The Labute approximate surface area is 122 Å². The molecule has 0 aliphatic carbocycles. The molecule has 2 aromatic rings. The zero-order valence-electron chi connectivity index (χ0n) is 11.6. The Balaban J connectivity index is 1.96. The topological polar surface area (TPSA) is 55.4 Å². The van der Waals surface area contributed by atoms with E-state index in [0.29, 0.717) is 17.5 Å². The molecule has 1 amide bonds. The molecule has 21 heavy (non-hydrogen) atoms. The van der Waals surface area contributed by atoms with E-state index in [1.54, 1.807) is 25.2 Å². The largest absolute Gasteiger partial charge is 0.454 e. The quantitative estimate of drug-likeness (QED) is 0.860. The molecule has 2 aromatic carbocycles. The number of hydrogen-bond donors (Lipinski definition) is 1. The first-order chi connectivity index (χ1) is 10.2. The second-order valence-corrected chi connectivity index (χ2v) is 4.96. The van der Waals surface area contributed by atoms with Crippen LogP contribution in [0.3, 0.4) is 0 Å². The van der Waals surface area contributed by atoms with Crippen LogP contribution in [0, 0.1) is 0 Å². The van der Waals surface area contributed by atoms with Gasteiger partial charge in [0.25, 0.3) is 5.91 Å². The molecule has 0 saturated heterocycles. The van der Waals surface area contributed by atoms with Crippen molar-refractivity contribution >= 4 is 11.9 Å². The number of esters is 1. The van der Waals surface area contributed by atoms with Gasteiger partial charge < -0.3 is 10.1 Å². The predicted molar refractivity (Wildman–Crippen MR) is 78.1 cm³/mol. The molecule has 1 N–H and O–H groups in total. The van der Waals surface area contributed by atoms with Crippen molar-refractivity contribution in [2.45, 2.75) is 12.5 Å². The van der Waals surface area contributed by atoms with Gasteiger partial charge in [0.05, 0.1) is 5.56 Å². The van der Waals surface area contributed by atoms with E-state index < -0.39 is 0 Å². The van der Waals surface area contributed by atoms with E-state index in [4.69, 9.17) is 4.74 Å². The summed E-state index contributed by atoms with van der Waals surface area (Å²) in [6.45, 7) is 0. The fraction of sp³-hybridized carbons (Fsp3) is 0.176. The second-order valence-electron chi connectivity index (χ2n) is 4.96. The van der Waals surface area contributed by atoms with Crippen LogP contribution < -0.4 is 5.32 Å². The number of cyclic esters (lactones) is 1. The van der Waals surface area contributed by atoms with Gasteiger partial charge in [-0.15, -0.1) is 0 Å². The van der Waals surface area contributed by atoms with Crippen LogP contribution in [0.5, 0.6) is 0 Å². The van der Waals surface area contributed by atoms with Crippen molar-refractivity contribution in [2.75, 3.05) is 7.05 Å². The standard InChI is InChI=1S/C17H15NO3/c1-18-16(19)12-7-8-14-13(9-12)10-15(21-17(14)20)11-5-3-2-4-6-11/h2-9,15H,10H2,1H3,(H,18,19). The first kappa shape index (κ1) is 13.4. The fourth-order valence-corrected chi connectivity index (χ4v) is 2.53. The molecule has 0 saturated carbocycles. The van der Waals surface area contributed by atoms with Crippen molar-refractivity contribution in [3.8, 4) is 0 Å². The van der Waals surface area contributed by atoms with Crippen LogP contribution in [-0.4, -0.2) is 18.9 Å². The highest BCUT2D eigenvalue weighted by Gasteiger charge is 2.27. The third kappa shape index (κ3) is 2.52. The number of amides is 1. The van der Waals surface area contributed by atoms with Gasteiger partial charge in [-0.1, -0.05) is 30.3 Å². The zero-order valence-corrected chi connectivity index (χ0v) is 11.6. The molecule has 0 spiro atoms. The van der Waals surface area contributed by atoms with Crippen LogP contribution in [0.25, 0.3) is 0 Å². The predicted octanol–water partition coefficient (Wildman–Crippen LogP) is 2.50. The van der Waals surface area contributed by atoms with Crippen molar-refractivity contribution in [3.63, 3.8) is 0 Å². The summed E-state index contributed by atoms with van der Waals surface area (Å²) in [4.78, 5) is 23.8. The smallest absolute Gasteiger partial charge is 0.339 e. The highest BCUT2D eigenvalue weighted by Crippen LogP contribution is 2.30. The first-order valence-electron chi connectivity index (χ1n) is 6.80. The van der Waals surface area contributed by atoms with E-state index in [0.717, 1.165) is 11.1 Å². The Kier molecular flexibility index (Phi) is 3.44. The molecule has 106 valence electrons. The highest BCUT2D eigenvalue weighted by atomic mass is 16.5. The number of carbonyl (C=O) groups excluding carboxylic acids is 2. The number of rotatable bonds is 2. The Hall–Kier alpha value is -2.62. The van der Waals surface area contributed by atoms with Crippen LogP contribution in [0.4, 0.5) is 0 Å². The van der Waals surface area contributed by atoms with Crippen molar-refractivity contribution in [1.82, 2.24) is 5.32 Å². The van der Waals surface area contributed by atoms with Crippen LogP contribution in [0.2, 0.25) is 0 Å². The SMILES string of the molecule is CNC(=O)c1ccc2c(c1)CC(c1ccccc1)OC2=O. The fourth-order valence-electron chi connectivity index (χ4n) is 2.53. The zero-order chi connectivity index (χ0) is 14.8. The Bertz CT molecular complexity index is 694. The average molecular weight is 281 g/mol. The minimum atomic E-state index is -0.339. The summed E-state index contributed by atoms with van der Waals surface area (Å²) in [5, 5.41) is 2.59. The van der Waals surface area contributed by atoms with E-state index in [1.165, 1.54) is 0 Å². The van der Waals surface area contributed by atoms with Crippen LogP contribution >= 0.6 is 0 Å². The lowest BCUT2D eigenvalue weighted by atomic mass is 9.93. The van der Waals surface area contributed by atoms with Crippen LogP contribution in [0.15, 0.2) is 48.5 Å². The monoisotopic (exact) mass is 281 g/mol. The second kappa shape index (κ2) is 5.40. The van der Waals surface area contributed by atoms with Crippen LogP contribution in [-0.2, 0) is 11.2 Å². The molecular weight excluding hydrogens is 266 g/mol. The summed E-state index contributed by atoms with van der Waals surface area (Å²) >= 11 is 0. The summed E-state index contributed by atoms with van der Waals surface area (Å²) < 4.78 is 5.49. The maximum atomic E-state index is 12.1. The van der Waals surface area contributed by atoms with E-state index in [2.05, 4.69) is 5.32 Å². The molecule has 1 atom stereocenters. The van der Waals surface area contributed by atoms with E-state index in [-0.39, 0.29) is 18.0 Å². The van der Waals surface area contributed by atoms with Gasteiger partial charge in [0.2, 0.25) is 0 Å². The van der Waals surface area contributed by atoms with Gasteiger partial charge >= 0.3 is 5.97 Å². The maximum Gasteiger partial charge on any atom is 0.339 e. The van der Waals surface area contributed by atoms with Crippen molar-refractivity contribution < 1.29 is 14.3 Å². The molecule has 4 heteroatoms. The average Bonchev–Trinajstić information content (AvgIpc) is 2.54. The van der Waals surface area contributed by atoms with Crippen molar-refractivity contribution in [3.05, 3.63) is 70.8 Å². The minimum absolute atomic E-state index is 0.159. The molecule has 1 heterocycles. The summed E-state index contributed by atoms with van der Waals surface area (Å²) in [6.07, 6.45) is 0.279. The number of benzene rings is 2. The first-order valence-corrected chi connectivity index (χ1v) is 6.80. The normalized spacial score (nSPS) is 16.8. The molecule has 0 radical (unpaired) electrons. The third-order valence-corrected chi connectivity index (χ3v) is 3.64. The minimum Gasteiger partial charge on any atom is -0.454 e. The van der Waals surface area contributed by atoms with E-state index >= 15 is 0 Å². The molecule has 0 aromatic heterocycles. The van der Waals surface area contributed by atoms with E-state index in [9.17, 15) is 9.59 Å². The molecule has 0 bridgehead atoms. The summed E-state index contributed by atoms with van der Waals surface area (Å²) in [5.41, 5.74) is 2.90. The van der Waals surface area contributed by atoms with Gasteiger partial charge in [0.15, 0.2) is 0 Å². The number of ether oxygens (including phenoxy) is 1. The Morgan fingerprint density at radius 2 is 1.95 bits per heavy atom. The van der Waals surface area contributed by atoms with Gasteiger partial charge in [0, 0.05) is 19.0 Å². The molecule has 0 fully saturated rings. The summed E-state index contributed by atoms with van der Waals surface area (Å²) in [5.74, 6) is -0.499. The number of carbonyl (C=O) groups is 2. The van der Waals surface area contributed by atoms with Gasteiger partial charge in [0.1, 0.15) is 6.10 Å². The molecule has 1 unspecified atom stereocenters. The number of nitrogens with one attached hydrogen (secondary N) is 1. The Morgan fingerprint density at radius 1 is 1.19 bits per heavy atom. The van der Waals surface area contributed by atoms with Gasteiger partial charge in [-0.25, -0.2) is 4.79 Å². The maximum absolute atomic E-state index is 12.1. The van der Waals surface area contributed by atoms with E-state index in [1.807, 2.05) is 30.3 Å². The lowest BCUT2D eigenvalue weighted by molar-refractivity contribution is 0.0252. The molecule has 4 nitrogen and oxygen atoms in total. The van der Waals surface area contributed by atoms with Crippen molar-refractivity contribution in [1.29, 1.82) is 0 Å². The Morgan fingerprint density at radius 3 is 2.67 bits per heavy atom. The van der Waals surface area contributed by atoms with Gasteiger partial charge in [-0.05, 0) is 29.3 Å². The van der Waals surface area contributed by atoms with Gasteiger partial charge in [-0.2, -0.15) is 0 Å². The number of fused-ring (bicyclic) bond motifs is 1. The molecular formula is C17H15NO3. The lowest BCUT2D eigenvalue weighted by Gasteiger charge is -2.25. The molecule has 1 aliphatic rings.